The SMILES string of the molecule is CC[C@@H](C)NC(=O)c1coc(CN(C(=O)[C@@H](CC)c2ccccc2)[C@@H](C)CC)n1. The predicted molar refractivity (Wildman–Crippen MR) is 113 cm³/mol. The highest BCUT2D eigenvalue weighted by Crippen LogP contribution is 2.25. The summed E-state index contributed by atoms with van der Waals surface area (Å²) in [6, 6.07) is 9.93. The summed E-state index contributed by atoms with van der Waals surface area (Å²) in [5.74, 6) is -0.0486. The van der Waals surface area contributed by atoms with Crippen molar-refractivity contribution in [1.29, 1.82) is 0 Å². The second-order valence-electron chi connectivity index (χ2n) is 7.50. The van der Waals surface area contributed by atoms with Gasteiger partial charge >= 0.3 is 0 Å². The molecule has 0 fully saturated rings. The van der Waals surface area contributed by atoms with E-state index in [4.69, 9.17) is 4.42 Å². The number of oxazole rings is 1. The largest absolute Gasteiger partial charge is 0.446 e. The van der Waals surface area contributed by atoms with Crippen LogP contribution in [-0.4, -0.2) is 33.8 Å². The molecule has 6 heteroatoms. The van der Waals surface area contributed by atoms with E-state index in [-0.39, 0.29) is 42.1 Å². The van der Waals surface area contributed by atoms with Crippen LogP contribution in [0.25, 0.3) is 0 Å². The number of rotatable bonds is 10. The molecule has 6 nitrogen and oxygen atoms in total. The maximum atomic E-state index is 13.4. The molecule has 0 saturated carbocycles. The number of nitrogens with one attached hydrogen (secondary N) is 1. The highest BCUT2D eigenvalue weighted by molar-refractivity contribution is 5.92. The van der Waals surface area contributed by atoms with E-state index in [0.29, 0.717) is 12.3 Å². The Labute approximate surface area is 173 Å². The van der Waals surface area contributed by atoms with E-state index in [2.05, 4.69) is 17.2 Å². The van der Waals surface area contributed by atoms with Gasteiger partial charge in [0.05, 0.1) is 12.5 Å². The Morgan fingerprint density at radius 3 is 2.34 bits per heavy atom. The Morgan fingerprint density at radius 2 is 1.76 bits per heavy atom. The van der Waals surface area contributed by atoms with Crippen molar-refractivity contribution in [1.82, 2.24) is 15.2 Å². The van der Waals surface area contributed by atoms with Crippen molar-refractivity contribution in [3.05, 3.63) is 53.7 Å². The van der Waals surface area contributed by atoms with E-state index >= 15 is 0 Å². The monoisotopic (exact) mass is 399 g/mol. The fourth-order valence-electron chi connectivity index (χ4n) is 3.14. The first-order chi connectivity index (χ1) is 13.9. The molecule has 1 aromatic carbocycles. The summed E-state index contributed by atoms with van der Waals surface area (Å²) < 4.78 is 5.53. The number of hydrogen-bond donors (Lipinski definition) is 1. The molecule has 2 rings (SSSR count). The van der Waals surface area contributed by atoms with Crippen molar-refractivity contribution < 1.29 is 14.0 Å². The molecule has 0 spiro atoms. The van der Waals surface area contributed by atoms with Crippen LogP contribution in [0.15, 0.2) is 41.0 Å². The first-order valence-corrected chi connectivity index (χ1v) is 10.5. The summed E-state index contributed by atoms with van der Waals surface area (Å²) in [5, 5.41) is 2.88. The van der Waals surface area contributed by atoms with Gasteiger partial charge in [-0.2, -0.15) is 0 Å². The third kappa shape index (κ3) is 5.92. The summed E-state index contributed by atoms with van der Waals surface area (Å²) >= 11 is 0. The van der Waals surface area contributed by atoms with Crippen LogP contribution in [0, 0.1) is 0 Å². The number of carbonyl (C=O) groups excluding carboxylic acids is 2. The van der Waals surface area contributed by atoms with Crippen LogP contribution in [0.2, 0.25) is 0 Å². The van der Waals surface area contributed by atoms with Gasteiger partial charge in [-0.1, -0.05) is 51.1 Å². The molecule has 0 saturated heterocycles. The van der Waals surface area contributed by atoms with Crippen LogP contribution in [0.5, 0.6) is 0 Å². The molecule has 0 aliphatic rings. The molecule has 29 heavy (non-hydrogen) atoms. The number of benzene rings is 1. The molecule has 0 radical (unpaired) electrons. The minimum atomic E-state index is -0.258. The van der Waals surface area contributed by atoms with Crippen LogP contribution in [-0.2, 0) is 11.3 Å². The number of aromatic nitrogens is 1. The normalized spacial score (nSPS) is 14.1. The van der Waals surface area contributed by atoms with Gasteiger partial charge in [0.1, 0.15) is 6.26 Å². The Hall–Kier alpha value is -2.63. The third-order valence-corrected chi connectivity index (χ3v) is 5.39. The van der Waals surface area contributed by atoms with Gasteiger partial charge in [-0.05, 0) is 38.7 Å². The fourth-order valence-corrected chi connectivity index (χ4v) is 3.14. The minimum absolute atomic E-state index is 0.0320. The summed E-state index contributed by atoms with van der Waals surface area (Å²) in [7, 11) is 0. The van der Waals surface area contributed by atoms with E-state index in [1.54, 1.807) is 0 Å². The van der Waals surface area contributed by atoms with Gasteiger partial charge in [0.2, 0.25) is 11.8 Å². The average molecular weight is 400 g/mol. The molecule has 158 valence electrons. The van der Waals surface area contributed by atoms with Crippen LogP contribution < -0.4 is 5.32 Å². The lowest BCUT2D eigenvalue weighted by molar-refractivity contribution is -0.136. The van der Waals surface area contributed by atoms with Crippen LogP contribution in [0.4, 0.5) is 0 Å². The summed E-state index contributed by atoms with van der Waals surface area (Å²) in [6.45, 7) is 10.3. The molecular weight excluding hydrogens is 366 g/mol. The first-order valence-electron chi connectivity index (χ1n) is 10.5. The molecule has 0 aliphatic carbocycles. The maximum absolute atomic E-state index is 13.4. The Bertz CT molecular complexity index is 788. The molecule has 1 N–H and O–H groups in total. The third-order valence-electron chi connectivity index (χ3n) is 5.39. The molecule has 3 atom stereocenters. The molecule has 0 unspecified atom stereocenters. The highest BCUT2D eigenvalue weighted by atomic mass is 16.3. The first kappa shape index (κ1) is 22.7. The quantitative estimate of drug-likeness (QED) is 0.637. The standard InChI is InChI=1S/C23H33N3O3/c1-6-16(4)24-22(27)20-15-29-21(25-20)14-26(17(5)7-2)23(28)19(8-3)18-12-10-9-11-13-18/h9-13,15-17,19H,6-8,14H2,1-5H3,(H,24,27)/t16-,17+,19+/m1/s1. The van der Waals surface area contributed by atoms with Crippen molar-refractivity contribution >= 4 is 11.8 Å². The lowest BCUT2D eigenvalue weighted by atomic mass is 9.94. The average Bonchev–Trinajstić information content (AvgIpc) is 3.21. The Morgan fingerprint density at radius 1 is 1.07 bits per heavy atom. The van der Waals surface area contributed by atoms with E-state index in [1.165, 1.54) is 6.26 Å². The molecule has 1 heterocycles. The van der Waals surface area contributed by atoms with Gasteiger partial charge in [-0.15, -0.1) is 0 Å². The van der Waals surface area contributed by atoms with Crippen molar-refractivity contribution in [2.75, 3.05) is 0 Å². The van der Waals surface area contributed by atoms with Crippen molar-refractivity contribution in [2.45, 2.75) is 78.4 Å². The maximum Gasteiger partial charge on any atom is 0.273 e. The zero-order chi connectivity index (χ0) is 21.4. The van der Waals surface area contributed by atoms with Gasteiger partial charge in [-0.25, -0.2) is 4.98 Å². The van der Waals surface area contributed by atoms with Crippen molar-refractivity contribution in [2.24, 2.45) is 0 Å². The van der Waals surface area contributed by atoms with Crippen LogP contribution in [0.1, 0.15) is 81.7 Å². The van der Waals surface area contributed by atoms with Gasteiger partial charge < -0.3 is 14.6 Å². The predicted octanol–water partition coefficient (Wildman–Crippen LogP) is 4.52. The van der Waals surface area contributed by atoms with Crippen molar-refractivity contribution in [3.63, 3.8) is 0 Å². The Kier molecular flexibility index (Phi) is 8.43. The van der Waals surface area contributed by atoms with Gasteiger partial charge in [-0.3, -0.25) is 9.59 Å². The van der Waals surface area contributed by atoms with Crippen molar-refractivity contribution in [3.8, 4) is 0 Å². The summed E-state index contributed by atoms with van der Waals surface area (Å²) in [4.78, 5) is 31.8. The van der Waals surface area contributed by atoms with Crippen LogP contribution >= 0.6 is 0 Å². The second-order valence-corrected chi connectivity index (χ2v) is 7.50. The van der Waals surface area contributed by atoms with E-state index in [9.17, 15) is 9.59 Å². The molecule has 2 aromatic rings. The fraction of sp³-hybridized carbons (Fsp3) is 0.522. The van der Waals surface area contributed by atoms with Crippen LogP contribution in [0.3, 0.4) is 0 Å². The number of hydrogen-bond acceptors (Lipinski definition) is 4. The topological polar surface area (TPSA) is 75.4 Å². The second kappa shape index (κ2) is 10.8. The zero-order valence-corrected chi connectivity index (χ0v) is 18.1. The lowest BCUT2D eigenvalue weighted by Gasteiger charge is -2.31. The molecule has 0 aliphatic heterocycles. The molecular formula is C23H33N3O3. The van der Waals surface area contributed by atoms with Gasteiger partial charge in [0.25, 0.3) is 5.91 Å². The van der Waals surface area contributed by atoms with Gasteiger partial charge in [0.15, 0.2) is 5.69 Å². The van der Waals surface area contributed by atoms with E-state index < -0.39 is 0 Å². The number of nitrogens with zero attached hydrogens (tertiary/aromatic N) is 2. The Balaban J connectivity index is 2.19. The summed E-state index contributed by atoms with van der Waals surface area (Å²) in [5.41, 5.74) is 1.25. The molecule has 1 aromatic heterocycles. The number of amides is 2. The summed E-state index contributed by atoms with van der Waals surface area (Å²) in [6.07, 6.45) is 3.73. The number of carbonyl (C=O) groups is 2. The highest BCUT2D eigenvalue weighted by Gasteiger charge is 2.28. The molecule has 2 amide bonds. The lowest BCUT2D eigenvalue weighted by Crippen LogP contribution is -2.40. The smallest absolute Gasteiger partial charge is 0.273 e. The molecule has 0 bridgehead atoms. The minimum Gasteiger partial charge on any atom is -0.446 e. The van der Waals surface area contributed by atoms with Gasteiger partial charge in [0, 0.05) is 12.1 Å². The van der Waals surface area contributed by atoms with E-state index in [0.717, 1.165) is 18.4 Å². The zero-order valence-electron chi connectivity index (χ0n) is 18.1. The van der Waals surface area contributed by atoms with E-state index in [1.807, 2.05) is 62.9 Å².